The van der Waals surface area contributed by atoms with Crippen LogP contribution in [-0.2, 0) is 16.1 Å². The molecule has 0 radical (unpaired) electrons. The molecule has 0 spiro atoms. The highest BCUT2D eigenvalue weighted by molar-refractivity contribution is 7.09. The molecule has 0 unspecified atom stereocenters. The van der Waals surface area contributed by atoms with E-state index in [9.17, 15) is 4.79 Å². The van der Waals surface area contributed by atoms with Crippen molar-refractivity contribution in [1.82, 2.24) is 19.9 Å². The zero-order chi connectivity index (χ0) is 16.4. The Hall–Kier alpha value is -1.90. The van der Waals surface area contributed by atoms with Crippen LogP contribution in [0.15, 0.2) is 30.2 Å². The minimum Gasteiger partial charge on any atom is -0.363 e. The predicted molar refractivity (Wildman–Crippen MR) is 89.5 cm³/mol. The van der Waals surface area contributed by atoms with Crippen molar-refractivity contribution in [3.8, 4) is 0 Å². The van der Waals surface area contributed by atoms with E-state index in [0.717, 1.165) is 37.4 Å². The van der Waals surface area contributed by atoms with Crippen LogP contribution in [0.3, 0.4) is 0 Å². The maximum atomic E-state index is 12.4. The van der Waals surface area contributed by atoms with Gasteiger partial charge in [0.15, 0.2) is 5.82 Å². The fourth-order valence-corrected chi connectivity index (χ4v) is 4.12. The lowest BCUT2D eigenvalue weighted by atomic mass is 9.98. The molecule has 4 rings (SSSR count). The van der Waals surface area contributed by atoms with Crippen molar-refractivity contribution in [2.24, 2.45) is 0 Å². The van der Waals surface area contributed by atoms with Crippen molar-refractivity contribution in [1.29, 1.82) is 0 Å². The van der Waals surface area contributed by atoms with Crippen LogP contribution in [0, 0.1) is 0 Å². The van der Waals surface area contributed by atoms with Gasteiger partial charge in [-0.1, -0.05) is 0 Å². The monoisotopic (exact) mass is 345 g/mol. The highest BCUT2D eigenvalue weighted by Crippen LogP contribution is 2.33. The van der Waals surface area contributed by atoms with Crippen molar-refractivity contribution in [3.63, 3.8) is 0 Å². The molecule has 0 aliphatic carbocycles. The van der Waals surface area contributed by atoms with Crippen LogP contribution < -0.4 is 5.32 Å². The third-order valence-corrected chi connectivity index (χ3v) is 5.36. The number of likely N-dealkylation sites (tertiary alicyclic amines) is 1. The summed E-state index contributed by atoms with van der Waals surface area (Å²) in [4.78, 5) is 27.2. The molecule has 2 aliphatic heterocycles. The lowest BCUT2D eigenvalue weighted by Gasteiger charge is -2.35. The number of hydrogen-bond acceptors (Lipinski definition) is 7. The van der Waals surface area contributed by atoms with Crippen molar-refractivity contribution in [2.75, 3.05) is 11.9 Å². The molecule has 0 saturated carbocycles. The Balaban J connectivity index is 1.34. The number of hydrogen-bond donors (Lipinski definition) is 1. The van der Waals surface area contributed by atoms with E-state index in [4.69, 9.17) is 4.74 Å². The number of nitrogens with zero attached hydrogens (tertiary/aromatic N) is 4. The number of anilines is 1. The molecule has 1 N–H and O–H groups in total. The molecule has 126 valence electrons. The van der Waals surface area contributed by atoms with Gasteiger partial charge in [-0.05, 0) is 19.3 Å². The van der Waals surface area contributed by atoms with E-state index in [1.54, 1.807) is 23.7 Å². The molecule has 24 heavy (non-hydrogen) atoms. The first kappa shape index (κ1) is 15.6. The van der Waals surface area contributed by atoms with Gasteiger partial charge in [-0.2, -0.15) is 0 Å². The first-order valence-corrected chi connectivity index (χ1v) is 9.02. The maximum absolute atomic E-state index is 12.4. The van der Waals surface area contributed by atoms with E-state index in [0.29, 0.717) is 11.9 Å². The SMILES string of the molecule is O=C(Nc1cnccn1)[C@@H]1CC[C@@H]2[C@@H](CCN2Cc2nccs2)O1. The molecule has 0 aromatic carbocycles. The highest BCUT2D eigenvalue weighted by Gasteiger charge is 2.41. The zero-order valence-electron chi connectivity index (χ0n) is 13.2. The fourth-order valence-electron chi connectivity index (χ4n) is 3.48. The van der Waals surface area contributed by atoms with Gasteiger partial charge in [0.05, 0.1) is 18.8 Å². The Morgan fingerprint density at radius 2 is 2.25 bits per heavy atom. The number of thiazole rings is 1. The molecular weight excluding hydrogens is 326 g/mol. The Kier molecular flexibility index (Phi) is 4.50. The summed E-state index contributed by atoms with van der Waals surface area (Å²) >= 11 is 1.69. The summed E-state index contributed by atoms with van der Waals surface area (Å²) in [6.07, 6.45) is 8.88. The largest absolute Gasteiger partial charge is 0.363 e. The average molecular weight is 345 g/mol. The maximum Gasteiger partial charge on any atom is 0.254 e. The quantitative estimate of drug-likeness (QED) is 0.908. The molecule has 3 atom stereocenters. The minimum atomic E-state index is -0.409. The van der Waals surface area contributed by atoms with Crippen LogP contribution in [0.1, 0.15) is 24.3 Å². The van der Waals surface area contributed by atoms with Gasteiger partial charge in [0.25, 0.3) is 5.91 Å². The van der Waals surface area contributed by atoms with Crippen molar-refractivity contribution < 1.29 is 9.53 Å². The molecular formula is C16H19N5O2S. The lowest BCUT2D eigenvalue weighted by Crippen LogP contribution is -2.46. The molecule has 7 nitrogen and oxygen atoms in total. The van der Waals surface area contributed by atoms with E-state index in [2.05, 4.69) is 25.2 Å². The van der Waals surface area contributed by atoms with Gasteiger partial charge in [-0.15, -0.1) is 11.3 Å². The number of aromatic nitrogens is 3. The second-order valence-corrected chi connectivity index (χ2v) is 7.05. The minimum absolute atomic E-state index is 0.122. The summed E-state index contributed by atoms with van der Waals surface area (Å²) in [7, 11) is 0. The highest BCUT2D eigenvalue weighted by atomic mass is 32.1. The molecule has 0 bridgehead atoms. The number of carbonyl (C=O) groups excluding carboxylic acids is 1. The van der Waals surface area contributed by atoms with Crippen LogP contribution in [0.5, 0.6) is 0 Å². The second-order valence-electron chi connectivity index (χ2n) is 6.07. The van der Waals surface area contributed by atoms with E-state index in [1.165, 1.54) is 6.20 Å². The summed E-state index contributed by atoms with van der Waals surface area (Å²) in [6, 6.07) is 0.384. The number of carbonyl (C=O) groups is 1. The second kappa shape index (κ2) is 6.92. The summed E-state index contributed by atoms with van der Waals surface area (Å²) < 4.78 is 6.07. The van der Waals surface area contributed by atoms with Gasteiger partial charge < -0.3 is 10.1 Å². The summed E-state index contributed by atoms with van der Waals surface area (Å²) in [5, 5.41) is 5.92. The number of ether oxygens (including phenoxy) is 1. The van der Waals surface area contributed by atoms with E-state index in [-0.39, 0.29) is 12.0 Å². The standard InChI is InChI=1S/C16H19N5O2S/c22-16(20-14-9-17-4-5-18-14)13-2-1-11-12(23-13)3-7-21(11)10-15-19-6-8-24-15/h4-6,8-9,11-13H,1-3,7,10H2,(H,18,20,22)/t11-,12-,13+/m1/s1. The number of fused-ring (bicyclic) bond motifs is 1. The summed E-state index contributed by atoms with van der Waals surface area (Å²) in [5.41, 5.74) is 0. The van der Waals surface area contributed by atoms with Crippen molar-refractivity contribution in [3.05, 3.63) is 35.2 Å². The topological polar surface area (TPSA) is 80.2 Å². The normalized spacial score (nSPS) is 26.9. The molecule has 2 saturated heterocycles. The zero-order valence-corrected chi connectivity index (χ0v) is 14.0. The predicted octanol–water partition coefficient (Wildman–Crippen LogP) is 1.69. The van der Waals surface area contributed by atoms with Crippen LogP contribution in [0.4, 0.5) is 5.82 Å². The number of nitrogens with one attached hydrogen (secondary N) is 1. The van der Waals surface area contributed by atoms with Gasteiger partial charge in [0.1, 0.15) is 11.1 Å². The van der Waals surface area contributed by atoms with Crippen LogP contribution in [-0.4, -0.2) is 50.6 Å². The lowest BCUT2D eigenvalue weighted by molar-refractivity contribution is -0.138. The van der Waals surface area contributed by atoms with Gasteiger partial charge >= 0.3 is 0 Å². The first-order chi connectivity index (χ1) is 11.8. The van der Waals surface area contributed by atoms with Crippen molar-refractivity contribution >= 4 is 23.1 Å². The Labute approximate surface area is 144 Å². The summed E-state index contributed by atoms with van der Waals surface area (Å²) in [6.45, 7) is 1.87. The van der Waals surface area contributed by atoms with Crippen LogP contribution >= 0.6 is 11.3 Å². The molecule has 2 aromatic rings. The van der Waals surface area contributed by atoms with Gasteiger partial charge in [0.2, 0.25) is 0 Å². The first-order valence-electron chi connectivity index (χ1n) is 8.14. The van der Waals surface area contributed by atoms with Crippen LogP contribution in [0.25, 0.3) is 0 Å². The molecule has 2 aromatic heterocycles. The third kappa shape index (κ3) is 3.31. The van der Waals surface area contributed by atoms with E-state index >= 15 is 0 Å². The molecule has 2 fully saturated rings. The van der Waals surface area contributed by atoms with Gasteiger partial charge in [0, 0.05) is 36.6 Å². The number of rotatable bonds is 4. The Bertz CT molecular complexity index is 681. The Morgan fingerprint density at radius 3 is 3.04 bits per heavy atom. The van der Waals surface area contributed by atoms with E-state index < -0.39 is 6.10 Å². The smallest absolute Gasteiger partial charge is 0.254 e. The average Bonchev–Trinajstić information content (AvgIpc) is 3.26. The van der Waals surface area contributed by atoms with Crippen molar-refractivity contribution in [2.45, 2.75) is 44.1 Å². The molecule has 8 heteroatoms. The molecule has 4 heterocycles. The van der Waals surface area contributed by atoms with Gasteiger partial charge in [-0.25, -0.2) is 9.97 Å². The molecule has 2 aliphatic rings. The molecule has 1 amide bonds. The van der Waals surface area contributed by atoms with Crippen LogP contribution in [0.2, 0.25) is 0 Å². The Morgan fingerprint density at radius 1 is 1.29 bits per heavy atom. The van der Waals surface area contributed by atoms with Gasteiger partial charge in [-0.3, -0.25) is 14.7 Å². The number of amides is 1. The summed E-state index contributed by atoms with van der Waals surface area (Å²) in [5.74, 6) is 0.331. The third-order valence-electron chi connectivity index (χ3n) is 4.59. The van der Waals surface area contributed by atoms with E-state index in [1.807, 2.05) is 11.6 Å². The fraction of sp³-hybridized carbons (Fsp3) is 0.500.